The number of aliphatic carboxylic acids is 1. The van der Waals surface area contributed by atoms with Gasteiger partial charge in [0.15, 0.2) is 0 Å². The van der Waals surface area contributed by atoms with E-state index in [2.05, 4.69) is 21.3 Å². The molecule has 0 aromatic rings. The molecule has 5 amide bonds. The molecular weight excluding hydrogens is 272 g/mol. The molecule has 1 aliphatic heterocycles. The number of carbonyl (C=O) groups excluding carboxylic acids is 4. The van der Waals surface area contributed by atoms with Crippen molar-refractivity contribution in [3.63, 3.8) is 0 Å². The Bertz CT molecular complexity index is 449. The van der Waals surface area contributed by atoms with Gasteiger partial charge in [0.2, 0.25) is 17.7 Å². The number of carbonyl (C=O) groups is 5. The minimum Gasteiger partial charge on any atom is -0.480 e. The number of nitrogens with one attached hydrogen (secondary N) is 4. The molecule has 1 atom stereocenters. The van der Waals surface area contributed by atoms with E-state index in [0.29, 0.717) is 0 Å². The Morgan fingerprint density at radius 2 is 1.90 bits per heavy atom. The second-order valence-electron chi connectivity index (χ2n) is 4.00. The van der Waals surface area contributed by atoms with E-state index in [9.17, 15) is 24.0 Å². The summed E-state index contributed by atoms with van der Waals surface area (Å²) in [7, 11) is 0. The van der Waals surface area contributed by atoms with Crippen LogP contribution in [0, 0.1) is 0 Å². The van der Waals surface area contributed by atoms with Gasteiger partial charge in [0.1, 0.15) is 12.6 Å². The molecule has 1 unspecified atom stereocenters. The summed E-state index contributed by atoms with van der Waals surface area (Å²) in [5.41, 5.74) is 0. The summed E-state index contributed by atoms with van der Waals surface area (Å²) in [5.74, 6) is -2.88. The molecule has 0 aliphatic carbocycles. The highest BCUT2D eigenvalue weighted by molar-refractivity contribution is 6.01. The Hall–Kier alpha value is -2.65. The third kappa shape index (κ3) is 5.33. The van der Waals surface area contributed by atoms with Crippen molar-refractivity contribution < 1.29 is 29.1 Å². The van der Waals surface area contributed by atoms with Gasteiger partial charge in [-0.15, -0.1) is 0 Å². The van der Waals surface area contributed by atoms with Crippen LogP contribution in [0.4, 0.5) is 4.79 Å². The van der Waals surface area contributed by atoms with Crippen LogP contribution in [0.3, 0.4) is 0 Å². The van der Waals surface area contributed by atoms with Gasteiger partial charge in [-0.1, -0.05) is 0 Å². The lowest BCUT2D eigenvalue weighted by molar-refractivity contribution is -0.138. The van der Waals surface area contributed by atoms with Crippen molar-refractivity contribution in [2.45, 2.75) is 18.9 Å². The summed E-state index contributed by atoms with van der Waals surface area (Å²) >= 11 is 0. The van der Waals surface area contributed by atoms with Crippen molar-refractivity contribution in [2.24, 2.45) is 0 Å². The quantitative estimate of drug-likeness (QED) is 0.346. The Morgan fingerprint density at radius 1 is 1.20 bits per heavy atom. The molecule has 0 radical (unpaired) electrons. The molecule has 0 spiro atoms. The highest BCUT2D eigenvalue weighted by Crippen LogP contribution is 2.03. The normalized spacial score (nSPS) is 17.9. The van der Waals surface area contributed by atoms with Crippen molar-refractivity contribution in [3.8, 4) is 0 Å². The molecule has 1 saturated heterocycles. The maximum atomic E-state index is 11.4. The van der Waals surface area contributed by atoms with Crippen LogP contribution < -0.4 is 21.3 Å². The molecule has 110 valence electrons. The fourth-order valence-electron chi connectivity index (χ4n) is 1.44. The number of rotatable bonds is 5. The Kier molecular flexibility index (Phi) is 5.44. The highest BCUT2D eigenvalue weighted by Gasteiger charge is 2.27. The minimum atomic E-state index is -1.20. The van der Waals surface area contributed by atoms with Crippen LogP contribution in [0.1, 0.15) is 12.8 Å². The molecule has 0 bridgehead atoms. The predicted octanol–water partition coefficient (Wildman–Crippen LogP) is -2.71. The van der Waals surface area contributed by atoms with Crippen LogP contribution in [-0.4, -0.2) is 54.0 Å². The van der Waals surface area contributed by atoms with Crippen molar-refractivity contribution in [1.29, 1.82) is 0 Å². The number of carboxylic acids is 1. The number of carboxylic acid groups (broad SMARTS) is 1. The number of urea groups is 1. The third-order valence-corrected chi connectivity index (χ3v) is 2.39. The molecule has 0 aromatic carbocycles. The molecule has 20 heavy (non-hydrogen) atoms. The van der Waals surface area contributed by atoms with Gasteiger partial charge in [-0.3, -0.25) is 24.5 Å². The van der Waals surface area contributed by atoms with E-state index in [1.54, 1.807) is 0 Å². The molecule has 10 heteroatoms. The topological polar surface area (TPSA) is 154 Å². The summed E-state index contributed by atoms with van der Waals surface area (Å²) in [6.45, 7) is -0.971. The van der Waals surface area contributed by atoms with E-state index in [4.69, 9.17) is 5.11 Å². The molecule has 5 N–H and O–H groups in total. The number of imide groups is 1. The van der Waals surface area contributed by atoms with Crippen LogP contribution in [-0.2, 0) is 19.2 Å². The highest BCUT2D eigenvalue weighted by atomic mass is 16.4. The third-order valence-electron chi connectivity index (χ3n) is 2.39. The Labute approximate surface area is 113 Å². The number of hydrogen-bond donors (Lipinski definition) is 5. The fraction of sp³-hybridized carbons (Fsp3) is 0.500. The summed E-state index contributed by atoms with van der Waals surface area (Å²) in [5, 5.41) is 16.9. The lowest BCUT2D eigenvalue weighted by Crippen LogP contribution is -2.55. The number of piperidine rings is 1. The van der Waals surface area contributed by atoms with Gasteiger partial charge in [0, 0.05) is 6.42 Å². The molecule has 1 rings (SSSR count). The first kappa shape index (κ1) is 15.4. The van der Waals surface area contributed by atoms with Crippen LogP contribution in [0.5, 0.6) is 0 Å². The molecule has 0 aromatic heterocycles. The van der Waals surface area contributed by atoms with Crippen LogP contribution in [0.25, 0.3) is 0 Å². The van der Waals surface area contributed by atoms with Crippen molar-refractivity contribution in [3.05, 3.63) is 0 Å². The lowest BCUT2D eigenvalue weighted by Gasteiger charge is -2.21. The minimum absolute atomic E-state index is 0.121. The van der Waals surface area contributed by atoms with Gasteiger partial charge < -0.3 is 21.1 Å². The van der Waals surface area contributed by atoms with Gasteiger partial charge in [-0.25, -0.2) is 4.79 Å². The molecule has 1 aliphatic rings. The molecular formula is C10H14N4O6. The zero-order chi connectivity index (χ0) is 15.1. The summed E-state index contributed by atoms with van der Waals surface area (Å²) in [4.78, 5) is 54.9. The summed E-state index contributed by atoms with van der Waals surface area (Å²) < 4.78 is 0. The Morgan fingerprint density at radius 3 is 2.50 bits per heavy atom. The first-order chi connectivity index (χ1) is 9.38. The summed E-state index contributed by atoms with van der Waals surface area (Å²) in [6, 6.07) is -1.60. The van der Waals surface area contributed by atoms with Gasteiger partial charge in [-0.2, -0.15) is 0 Å². The van der Waals surface area contributed by atoms with E-state index < -0.39 is 48.9 Å². The SMILES string of the molecule is O=C(O)CNC(=O)CNC(=O)NC1CCC(=O)NC1=O. The zero-order valence-corrected chi connectivity index (χ0v) is 10.4. The summed E-state index contributed by atoms with van der Waals surface area (Å²) in [6.07, 6.45) is 0.305. The van der Waals surface area contributed by atoms with Gasteiger partial charge >= 0.3 is 12.0 Å². The van der Waals surface area contributed by atoms with Gasteiger partial charge in [0.05, 0.1) is 6.54 Å². The first-order valence-electron chi connectivity index (χ1n) is 5.75. The monoisotopic (exact) mass is 286 g/mol. The Balaban J connectivity index is 2.26. The van der Waals surface area contributed by atoms with Gasteiger partial charge in [-0.05, 0) is 6.42 Å². The number of amides is 5. The van der Waals surface area contributed by atoms with E-state index in [-0.39, 0.29) is 12.8 Å². The molecule has 10 nitrogen and oxygen atoms in total. The molecule has 1 fully saturated rings. The number of hydrogen-bond acceptors (Lipinski definition) is 5. The zero-order valence-electron chi connectivity index (χ0n) is 10.4. The maximum Gasteiger partial charge on any atom is 0.322 e. The first-order valence-corrected chi connectivity index (χ1v) is 5.75. The molecule has 0 saturated carbocycles. The maximum absolute atomic E-state index is 11.4. The average Bonchev–Trinajstić information content (AvgIpc) is 2.37. The van der Waals surface area contributed by atoms with Crippen molar-refractivity contribution in [1.82, 2.24) is 21.3 Å². The second kappa shape index (κ2) is 7.07. The second-order valence-corrected chi connectivity index (χ2v) is 4.00. The van der Waals surface area contributed by atoms with Gasteiger partial charge in [0.25, 0.3) is 0 Å². The van der Waals surface area contributed by atoms with Crippen LogP contribution >= 0.6 is 0 Å². The van der Waals surface area contributed by atoms with E-state index >= 15 is 0 Å². The smallest absolute Gasteiger partial charge is 0.322 e. The largest absolute Gasteiger partial charge is 0.480 e. The average molecular weight is 286 g/mol. The predicted molar refractivity (Wildman–Crippen MR) is 63.4 cm³/mol. The van der Waals surface area contributed by atoms with Crippen molar-refractivity contribution >= 4 is 29.7 Å². The van der Waals surface area contributed by atoms with E-state index in [1.165, 1.54) is 0 Å². The fourth-order valence-corrected chi connectivity index (χ4v) is 1.44. The standard InChI is InChI=1S/C10H14N4O6/c15-6-2-1-5(9(19)14-6)13-10(20)12-3-7(16)11-4-8(17)18/h5H,1-4H2,(H,11,16)(H,17,18)(H2,12,13,20)(H,14,15,19). The van der Waals surface area contributed by atoms with E-state index in [0.717, 1.165) is 0 Å². The van der Waals surface area contributed by atoms with Crippen LogP contribution in [0.15, 0.2) is 0 Å². The van der Waals surface area contributed by atoms with Crippen LogP contribution in [0.2, 0.25) is 0 Å². The van der Waals surface area contributed by atoms with E-state index in [1.807, 2.05) is 0 Å². The lowest BCUT2D eigenvalue weighted by atomic mass is 10.1. The van der Waals surface area contributed by atoms with Crippen molar-refractivity contribution in [2.75, 3.05) is 13.1 Å². The molecule has 1 heterocycles.